The summed E-state index contributed by atoms with van der Waals surface area (Å²) >= 11 is 0. The number of pyridine rings is 2. The summed E-state index contributed by atoms with van der Waals surface area (Å²) in [5.41, 5.74) is 7.87. The van der Waals surface area contributed by atoms with Crippen LogP contribution in [0, 0.1) is 0 Å². The smallest absolute Gasteiger partial charge is 0.255 e. The molecule has 0 spiro atoms. The Morgan fingerprint density at radius 3 is 2.54 bits per heavy atom. The van der Waals surface area contributed by atoms with Crippen LogP contribution in [0.15, 0.2) is 48.7 Å². The van der Waals surface area contributed by atoms with E-state index in [2.05, 4.69) is 15.4 Å². The van der Waals surface area contributed by atoms with Gasteiger partial charge < -0.3 is 25.6 Å². The van der Waals surface area contributed by atoms with Gasteiger partial charge in [0.1, 0.15) is 24.0 Å². The van der Waals surface area contributed by atoms with Crippen LogP contribution >= 0.6 is 0 Å². The summed E-state index contributed by atoms with van der Waals surface area (Å²) in [4.78, 5) is 29.9. The molecule has 4 aromatic rings. The number of amides is 2. The molecule has 3 aromatic heterocycles. The van der Waals surface area contributed by atoms with E-state index < -0.39 is 11.5 Å². The van der Waals surface area contributed by atoms with Crippen molar-refractivity contribution in [2.75, 3.05) is 6.61 Å². The lowest BCUT2D eigenvalue weighted by molar-refractivity contribution is 0.0279. The van der Waals surface area contributed by atoms with Gasteiger partial charge in [0.15, 0.2) is 0 Å². The van der Waals surface area contributed by atoms with Crippen molar-refractivity contribution in [1.82, 2.24) is 19.9 Å². The average molecular weight is 558 g/mol. The van der Waals surface area contributed by atoms with Gasteiger partial charge in [-0.15, -0.1) is 0 Å². The zero-order chi connectivity index (χ0) is 28.7. The molecule has 2 amide bonds. The van der Waals surface area contributed by atoms with Crippen LogP contribution in [0.4, 0.5) is 0 Å². The Balaban J connectivity index is 1.11. The third-order valence-corrected chi connectivity index (χ3v) is 7.71. The van der Waals surface area contributed by atoms with Crippen molar-refractivity contribution in [2.24, 2.45) is 5.73 Å². The molecule has 10 nitrogen and oxygen atoms in total. The molecule has 4 N–H and O–H groups in total. The van der Waals surface area contributed by atoms with Gasteiger partial charge in [-0.25, -0.2) is 9.50 Å². The van der Waals surface area contributed by atoms with Crippen molar-refractivity contribution in [1.29, 1.82) is 0 Å². The molecule has 10 heteroatoms. The maximum Gasteiger partial charge on any atom is 0.255 e. The number of rotatable bonds is 9. The molecule has 0 bridgehead atoms. The summed E-state index contributed by atoms with van der Waals surface area (Å²) in [7, 11) is 0. The second-order valence-electron chi connectivity index (χ2n) is 11.8. The summed E-state index contributed by atoms with van der Waals surface area (Å²) in [6.45, 7) is 3.58. The molecule has 0 saturated heterocycles. The molecule has 2 aliphatic carbocycles. The van der Waals surface area contributed by atoms with E-state index in [-0.39, 0.29) is 36.1 Å². The minimum Gasteiger partial charge on any atom is -0.489 e. The Morgan fingerprint density at radius 2 is 1.83 bits per heavy atom. The zero-order valence-electron chi connectivity index (χ0n) is 23.3. The van der Waals surface area contributed by atoms with Crippen LogP contribution in [-0.2, 0) is 0 Å². The lowest BCUT2D eigenvalue weighted by atomic mass is 9.92. The van der Waals surface area contributed by atoms with Crippen molar-refractivity contribution < 1.29 is 24.2 Å². The first kappa shape index (κ1) is 27.0. The highest BCUT2D eigenvalue weighted by Gasteiger charge is 2.32. The van der Waals surface area contributed by atoms with E-state index in [1.165, 1.54) is 0 Å². The molecule has 0 unspecified atom stereocenters. The molecular formula is C31H35N5O5. The number of nitrogens with one attached hydrogen (secondary N) is 1. The van der Waals surface area contributed by atoms with E-state index in [1.54, 1.807) is 26.1 Å². The molecule has 2 aliphatic rings. The van der Waals surface area contributed by atoms with Crippen LogP contribution in [0.25, 0.3) is 16.4 Å². The Bertz CT molecular complexity index is 1610. The zero-order valence-corrected chi connectivity index (χ0v) is 23.3. The van der Waals surface area contributed by atoms with Crippen LogP contribution in [0.1, 0.15) is 84.7 Å². The Hall–Kier alpha value is -4.18. The van der Waals surface area contributed by atoms with Gasteiger partial charge in [-0.05, 0) is 76.6 Å². The number of benzene rings is 1. The molecule has 41 heavy (non-hydrogen) atoms. The number of hydrogen-bond acceptors (Lipinski definition) is 7. The van der Waals surface area contributed by atoms with Gasteiger partial charge in [0.25, 0.3) is 11.8 Å². The fraction of sp³-hybridized carbons (Fsp3) is 0.419. The number of carbonyl (C=O) groups is 2. The molecule has 0 aliphatic heterocycles. The number of primary amides is 1. The fourth-order valence-electron chi connectivity index (χ4n) is 5.45. The van der Waals surface area contributed by atoms with Crippen molar-refractivity contribution >= 4 is 28.2 Å². The monoisotopic (exact) mass is 557 g/mol. The third-order valence-electron chi connectivity index (χ3n) is 7.71. The van der Waals surface area contributed by atoms with Gasteiger partial charge in [0.05, 0.1) is 34.1 Å². The van der Waals surface area contributed by atoms with Crippen molar-refractivity contribution in [3.63, 3.8) is 0 Å². The number of aliphatic hydroxyl groups is 1. The highest BCUT2D eigenvalue weighted by atomic mass is 16.5. The largest absolute Gasteiger partial charge is 0.489 e. The molecule has 2 fully saturated rings. The summed E-state index contributed by atoms with van der Waals surface area (Å²) in [6.07, 6.45) is 6.45. The highest BCUT2D eigenvalue weighted by molar-refractivity contribution is 6.01. The number of para-hydroxylation sites is 1. The van der Waals surface area contributed by atoms with Gasteiger partial charge >= 0.3 is 0 Å². The van der Waals surface area contributed by atoms with Gasteiger partial charge in [-0.1, -0.05) is 18.2 Å². The van der Waals surface area contributed by atoms with E-state index in [0.717, 1.165) is 47.8 Å². The van der Waals surface area contributed by atoms with E-state index in [0.29, 0.717) is 30.1 Å². The van der Waals surface area contributed by atoms with Crippen LogP contribution in [0.5, 0.6) is 11.6 Å². The van der Waals surface area contributed by atoms with Crippen LogP contribution < -0.4 is 20.5 Å². The Kier molecular flexibility index (Phi) is 7.03. The lowest BCUT2D eigenvalue weighted by Gasteiger charge is -2.29. The first-order valence-electron chi connectivity index (χ1n) is 14.2. The minimum atomic E-state index is -0.953. The number of nitrogens with two attached hydrogens (primary N) is 1. The molecule has 6 rings (SSSR count). The molecule has 2 saturated carbocycles. The molecule has 1 aromatic carbocycles. The third kappa shape index (κ3) is 5.83. The Morgan fingerprint density at radius 1 is 1.07 bits per heavy atom. The summed E-state index contributed by atoms with van der Waals surface area (Å²) < 4.78 is 13.9. The second-order valence-corrected chi connectivity index (χ2v) is 11.8. The highest BCUT2D eigenvalue weighted by Crippen LogP contribution is 2.44. The first-order chi connectivity index (χ1) is 19.7. The van der Waals surface area contributed by atoms with Crippen LogP contribution in [0.3, 0.4) is 0 Å². The van der Waals surface area contributed by atoms with Gasteiger partial charge in [-0.2, -0.15) is 5.10 Å². The first-order valence-corrected chi connectivity index (χ1v) is 14.2. The van der Waals surface area contributed by atoms with E-state index in [1.807, 2.05) is 40.9 Å². The summed E-state index contributed by atoms with van der Waals surface area (Å²) in [6, 6.07) is 13.0. The normalized spacial score (nSPS) is 19.3. The van der Waals surface area contributed by atoms with Crippen LogP contribution in [-0.4, -0.2) is 55.9 Å². The average Bonchev–Trinajstić information content (AvgIpc) is 3.69. The summed E-state index contributed by atoms with van der Waals surface area (Å²) in [5, 5.41) is 18.7. The fourth-order valence-corrected chi connectivity index (χ4v) is 5.45. The van der Waals surface area contributed by atoms with Gasteiger partial charge in [0, 0.05) is 17.3 Å². The minimum absolute atomic E-state index is 0.00484. The number of carbonyl (C=O) groups excluding carboxylic acids is 2. The molecule has 3 heterocycles. The maximum atomic E-state index is 13.3. The van der Waals surface area contributed by atoms with Crippen molar-refractivity contribution in [2.45, 2.75) is 76.0 Å². The second kappa shape index (κ2) is 10.7. The quantitative estimate of drug-likeness (QED) is 0.281. The topological polar surface area (TPSA) is 141 Å². The molecule has 0 atom stereocenters. The molecule has 214 valence electrons. The van der Waals surface area contributed by atoms with Crippen molar-refractivity contribution in [3.8, 4) is 11.6 Å². The Labute approximate surface area is 237 Å². The molecule has 0 radical (unpaired) electrons. The van der Waals surface area contributed by atoms with E-state index in [4.69, 9.17) is 15.2 Å². The maximum absolute atomic E-state index is 13.3. The summed E-state index contributed by atoms with van der Waals surface area (Å²) in [5.74, 6) is 0.536. The molecular weight excluding hydrogens is 522 g/mol. The number of hydrogen-bond donors (Lipinski definition) is 3. The number of nitrogens with zero attached hydrogens (tertiary/aromatic N) is 3. The van der Waals surface area contributed by atoms with E-state index >= 15 is 0 Å². The number of aromatic nitrogens is 3. The van der Waals surface area contributed by atoms with Crippen LogP contribution in [0.2, 0.25) is 0 Å². The SMILES string of the molecule is CC(C)(O)COc1ccc2c(C(=O)NC3CCC(Oc4nc5ccccc5cc4C(N)=O)CC3)cnn2c1C1CC1. The number of ether oxygens (including phenoxy) is 2. The lowest BCUT2D eigenvalue weighted by Crippen LogP contribution is -2.39. The van der Waals surface area contributed by atoms with Gasteiger partial charge in [0.2, 0.25) is 5.88 Å². The number of fused-ring (bicyclic) bond motifs is 2. The van der Waals surface area contributed by atoms with E-state index in [9.17, 15) is 14.7 Å². The van der Waals surface area contributed by atoms with Crippen molar-refractivity contribution in [3.05, 3.63) is 65.5 Å². The predicted molar refractivity (Wildman–Crippen MR) is 153 cm³/mol. The van der Waals surface area contributed by atoms with Gasteiger partial charge in [-0.3, -0.25) is 9.59 Å². The standard InChI is InChI=1S/C31H35N5O5/c1-31(2,39)17-40-26-14-13-25-23(16-33-36(25)27(26)18-7-8-18)29(38)34-20-9-11-21(12-10-20)41-30-22(28(32)37)15-19-5-3-4-6-24(19)35-30/h3-6,13-16,18,20-21,39H,7-12,17H2,1-2H3,(H2,32,37)(H,34,38). The predicted octanol–water partition coefficient (Wildman–Crippen LogP) is 4.13.